The van der Waals surface area contributed by atoms with E-state index in [0.29, 0.717) is 11.4 Å². The molecule has 0 spiro atoms. The van der Waals surface area contributed by atoms with Gasteiger partial charge in [0.15, 0.2) is 0 Å². The molecule has 4 rings (SSSR count). The first kappa shape index (κ1) is 32.3. The fourth-order valence-electron chi connectivity index (χ4n) is 4.78. The molecule has 0 radical (unpaired) electrons. The van der Waals surface area contributed by atoms with E-state index < -0.39 is 34.1 Å². The van der Waals surface area contributed by atoms with Crippen molar-refractivity contribution in [3.63, 3.8) is 0 Å². The Morgan fingerprint density at radius 2 is 1.30 bits per heavy atom. The Balaban J connectivity index is 1.78. The van der Waals surface area contributed by atoms with Crippen LogP contribution in [0.1, 0.15) is 31.9 Å². The Bertz CT molecular complexity index is 1620. The number of rotatable bonds is 12. The quantitative estimate of drug-likeness (QED) is 0.230. The number of methoxy groups -OCH3 is 1. The first-order valence-corrected chi connectivity index (χ1v) is 15.8. The molecule has 4 aromatic rings. The van der Waals surface area contributed by atoms with Crippen LogP contribution < -0.4 is 14.4 Å². The van der Waals surface area contributed by atoms with Gasteiger partial charge in [0.2, 0.25) is 11.8 Å². The third-order valence-corrected chi connectivity index (χ3v) is 8.72. The van der Waals surface area contributed by atoms with E-state index in [-0.39, 0.29) is 23.8 Å². The number of para-hydroxylation sites is 1. The molecule has 0 saturated carbocycles. The Morgan fingerprint density at radius 1 is 0.773 bits per heavy atom. The molecule has 0 aliphatic heterocycles. The zero-order chi connectivity index (χ0) is 31.7. The van der Waals surface area contributed by atoms with Gasteiger partial charge >= 0.3 is 0 Å². The maximum absolute atomic E-state index is 14.4. The smallest absolute Gasteiger partial charge is 0.264 e. The molecule has 0 bridgehead atoms. The lowest BCUT2D eigenvalue weighted by atomic mass is 10.0. The van der Waals surface area contributed by atoms with E-state index in [1.54, 1.807) is 42.5 Å². The van der Waals surface area contributed by atoms with Crippen LogP contribution in [0.15, 0.2) is 120 Å². The summed E-state index contributed by atoms with van der Waals surface area (Å²) in [5.74, 6) is -0.330. The van der Waals surface area contributed by atoms with Crippen LogP contribution in [0.3, 0.4) is 0 Å². The number of carbonyl (C=O) groups is 2. The number of nitrogens with zero attached hydrogens (tertiary/aromatic N) is 2. The molecular formula is C35H39N3O5S. The standard InChI is InChI=1S/C35H39N3O5S/c1-35(2,3)36-34(40)32(24-27-14-8-5-9-15-27)37(25-28-16-10-6-11-17-28)33(39)26-38(29-18-12-7-13-19-29)44(41,42)31-22-20-30(43-4)21-23-31/h5-23,32H,24-26H2,1-4H3,(H,36,40). The summed E-state index contributed by atoms with van der Waals surface area (Å²) in [7, 11) is -2.68. The van der Waals surface area contributed by atoms with Gasteiger partial charge in [0.25, 0.3) is 10.0 Å². The average molecular weight is 614 g/mol. The number of hydrogen-bond acceptors (Lipinski definition) is 5. The fraction of sp³-hybridized carbons (Fsp3) is 0.257. The molecule has 9 heteroatoms. The molecule has 2 amide bonds. The Morgan fingerprint density at radius 3 is 1.82 bits per heavy atom. The third kappa shape index (κ3) is 8.48. The van der Waals surface area contributed by atoms with E-state index in [0.717, 1.165) is 15.4 Å². The molecule has 1 unspecified atom stereocenters. The minimum atomic E-state index is -4.18. The monoisotopic (exact) mass is 613 g/mol. The maximum Gasteiger partial charge on any atom is 0.264 e. The minimum Gasteiger partial charge on any atom is -0.497 e. The molecule has 230 valence electrons. The molecule has 44 heavy (non-hydrogen) atoms. The van der Waals surface area contributed by atoms with E-state index in [1.165, 1.54) is 24.1 Å². The molecule has 0 saturated heterocycles. The van der Waals surface area contributed by atoms with Crippen molar-refractivity contribution in [1.82, 2.24) is 10.2 Å². The second-order valence-electron chi connectivity index (χ2n) is 11.5. The number of carbonyl (C=O) groups excluding carboxylic acids is 2. The topological polar surface area (TPSA) is 96.0 Å². The van der Waals surface area contributed by atoms with Gasteiger partial charge in [-0.15, -0.1) is 0 Å². The predicted octanol–water partition coefficient (Wildman–Crippen LogP) is 5.45. The number of hydrogen-bond donors (Lipinski definition) is 1. The number of benzene rings is 4. The van der Waals surface area contributed by atoms with Crippen molar-refractivity contribution >= 4 is 27.5 Å². The summed E-state index contributed by atoms with van der Waals surface area (Å²) in [6.45, 7) is 5.24. The van der Waals surface area contributed by atoms with Crippen LogP contribution in [0.2, 0.25) is 0 Å². The normalized spacial score (nSPS) is 12.2. The number of ether oxygens (including phenoxy) is 1. The first-order valence-electron chi connectivity index (χ1n) is 14.4. The highest BCUT2D eigenvalue weighted by Gasteiger charge is 2.35. The van der Waals surface area contributed by atoms with Gasteiger partial charge in [-0.05, 0) is 68.3 Å². The fourth-order valence-corrected chi connectivity index (χ4v) is 6.20. The number of nitrogens with one attached hydrogen (secondary N) is 1. The second kappa shape index (κ2) is 14.2. The number of sulfonamides is 1. The minimum absolute atomic E-state index is 0.0101. The highest BCUT2D eigenvalue weighted by molar-refractivity contribution is 7.92. The van der Waals surface area contributed by atoms with Gasteiger partial charge in [0, 0.05) is 18.5 Å². The van der Waals surface area contributed by atoms with E-state index in [4.69, 9.17) is 4.74 Å². The molecule has 8 nitrogen and oxygen atoms in total. The summed E-state index contributed by atoms with van der Waals surface area (Å²) < 4.78 is 34.4. The van der Waals surface area contributed by atoms with Crippen LogP contribution in [0, 0.1) is 0 Å². The highest BCUT2D eigenvalue weighted by atomic mass is 32.2. The van der Waals surface area contributed by atoms with Gasteiger partial charge in [-0.1, -0.05) is 78.9 Å². The Kier molecular flexibility index (Phi) is 10.4. The zero-order valence-corrected chi connectivity index (χ0v) is 26.3. The summed E-state index contributed by atoms with van der Waals surface area (Å²) >= 11 is 0. The van der Waals surface area contributed by atoms with Gasteiger partial charge in [0.1, 0.15) is 18.3 Å². The van der Waals surface area contributed by atoms with Crippen molar-refractivity contribution in [1.29, 1.82) is 0 Å². The van der Waals surface area contributed by atoms with E-state index in [2.05, 4.69) is 5.32 Å². The largest absolute Gasteiger partial charge is 0.497 e. The Hall–Kier alpha value is -4.63. The molecular weight excluding hydrogens is 574 g/mol. The van der Waals surface area contributed by atoms with Crippen LogP contribution in [0.5, 0.6) is 5.75 Å². The van der Waals surface area contributed by atoms with Crippen LogP contribution in [0.25, 0.3) is 0 Å². The van der Waals surface area contributed by atoms with Crippen molar-refractivity contribution in [2.24, 2.45) is 0 Å². The van der Waals surface area contributed by atoms with Crippen molar-refractivity contribution in [3.05, 3.63) is 126 Å². The van der Waals surface area contributed by atoms with Crippen molar-refractivity contribution in [2.75, 3.05) is 18.0 Å². The molecule has 1 N–H and O–H groups in total. The van der Waals surface area contributed by atoms with Gasteiger partial charge in [-0.2, -0.15) is 0 Å². The van der Waals surface area contributed by atoms with Crippen LogP contribution in [0.4, 0.5) is 5.69 Å². The van der Waals surface area contributed by atoms with E-state index in [9.17, 15) is 18.0 Å². The SMILES string of the molecule is COc1ccc(S(=O)(=O)N(CC(=O)N(Cc2ccccc2)C(Cc2ccccc2)C(=O)NC(C)(C)C)c2ccccc2)cc1. The van der Waals surface area contributed by atoms with Crippen molar-refractivity contribution < 1.29 is 22.7 Å². The molecule has 0 aliphatic rings. The predicted molar refractivity (Wildman–Crippen MR) is 173 cm³/mol. The lowest BCUT2D eigenvalue weighted by Gasteiger charge is -2.35. The maximum atomic E-state index is 14.4. The molecule has 0 aromatic heterocycles. The summed E-state index contributed by atoms with van der Waals surface area (Å²) in [5, 5.41) is 3.04. The summed E-state index contributed by atoms with van der Waals surface area (Å²) in [5.41, 5.74) is 1.46. The summed E-state index contributed by atoms with van der Waals surface area (Å²) in [6.07, 6.45) is 0.248. The highest BCUT2D eigenvalue weighted by Crippen LogP contribution is 2.26. The molecule has 0 heterocycles. The number of anilines is 1. The lowest BCUT2D eigenvalue weighted by Crippen LogP contribution is -2.56. The van der Waals surface area contributed by atoms with Crippen LogP contribution >= 0.6 is 0 Å². The third-order valence-electron chi connectivity index (χ3n) is 6.94. The Labute approximate surface area is 260 Å². The van der Waals surface area contributed by atoms with Crippen molar-refractivity contribution in [3.8, 4) is 5.75 Å². The van der Waals surface area contributed by atoms with E-state index >= 15 is 0 Å². The average Bonchev–Trinajstić information content (AvgIpc) is 3.02. The molecule has 4 aromatic carbocycles. The van der Waals surface area contributed by atoms with Crippen LogP contribution in [-0.2, 0) is 32.6 Å². The molecule has 0 fully saturated rings. The van der Waals surface area contributed by atoms with Crippen LogP contribution in [-0.4, -0.2) is 50.4 Å². The second-order valence-corrected chi connectivity index (χ2v) is 13.3. The van der Waals surface area contributed by atoms with E-state index in [1.807, 2.05) is 81.4 Å². The van der Waals surface area contributed by atoms with Crippen molar-refractivity contribution in [2.45, 2.75) is 50.2 Å². The van der Waals surface area contributed by atoms with Gasteiger partial charge in [-0.3, -0.25) is 13.9 Å². The molecule has 0 aliphatic carbocycles. The zero-order valence-electron chi connectivity index (χ0n) is 25.5. The van der Waals surface area contributed by atoms with Gasteiger partial charge in [0.05, 0.1) is 17.7 Å². The summed E-state index contributed by atoms with van der Waals surface area (Å²) in [6, 6.07) is 32.4. The molecule has 1 atom stereocenters. The lowest BCUT2D eigenvalue weighted by molar-refractivity contribution is -0.140. The summed E-state index contributed by atoms with van der Waals surface area (Å²) in [4.78, 5) is 29.8. The van der Waals surface area contributed by atoms with Gasteiger partial charge < -0.3 is 15.0 Å². The first-order chi connectivity index (χ1) is 21.0. The van der Waals surface area contributed by atoms with Gasteiger partial charge in [-0.25, -0.2) is 8.42 Å². The number of amides is 2.